The highest BCUT2D eigenvalue weighted by molar-refractivity contribution is 7.99. The van der Waals surface area contributed by atoms with Crippen LogP contribution in [-0.4, -0.2) is 38.2 Å². The van der Waals surface area contributed by atoms with Gasteiger partial charge in [-0.3, -0.25) is 9.59 Å². The summed E-state index contributed by atoms with van der Waals surface area (Å²) >= 11 is 0.467. The number of amides is 2. The van der Waals surface area contributed by atoms with Gasteiger partial charge in [0.05, 0.1) is 7.05 Å². The molecule has 5 nitrogen and oxygen atoms in total. The molecule has 0 saturated heterocycles. The number of nitrogens with one attached hydrogen (secondary N) is 3. The fraction of sp³-hybridized carbons (Fsp3) is 0.263. The van der Waals surface area contributed by atoms with E-state index in [1.165, 1.54) is 0 Å². The first kappa shape index (κ1) is 20.9. The zero-order chi connectivity index (χ0) is 19.8. The number of hydrogen-bond donors (Lipinski definition) is 3. The molecule has 0 spiro atoms. The molecule has 0 aliphatic rings. The zero-order valence-corrected chi connectivity index (χ0v) is 15.9. The number of anilines is 1. The first-order chi connectivity index (χ1) is 12.9. The van der Waals surface area contributed by atoms with Crippen LogP contribution in [0, 0.1) is 0 Å². The number of quaternary nitrogens is 1. The second-order valence-corrected chi connectivity index (χ2v) is 7.10. The zero-order valence-electron chi connectivity index (χ0n) is 15.1. The highest BCUT2D eigenvalue weighted by Crippen LogP contribution is 2.26. The number of rotatable bonds is 8. The van der Waals surface area contributed by atoms with Crippen molar-refractivity contribution in [1.29, 1.82) is 0 Å². The minimum atomic E-state index is -2.46. The van der Waals surface area contributed by atoms with E-state index >= 15 is 0 Å². The molecule has 0 fully saturated rings. The van der Waals surface area contributed by atoms with Gasteiger partial charge in [0.15, 0.2) is 6.54 Å². The normalized spacial score (nSPS) is 11.9. The van der Waals surface area contributed by atoms with Gasteiger partial charge < -0.3 is 15.5 Å². The molecule has 2 aromatic rings. The predicted octanol–water partition coefficient (Wildman–Crippen LogP) is 2.01. The van der Waals surface area contributed by atoms with Crippen LogP contribution in [0.1, 0.15) is 15.9 Å². The van der Waals surface area contributed by atoms with Crippen molar-refractivity contribution in [2.45, 2.75) is 17.2 Å². The summed E-state index contributed by atoms with van der Waals surface area (Å²) in [5.41, 5.74) is 2.17. The summed E-state index contributed by atoms with van der Waals surface area (Å²) < 4.78 is 24.6. The number of alkyl halides is 2. The Labute approximate surface area is 161 Å². The lowest BCUT2D eigenvalue weighted by molar-refractivity contribution is -0.885. The number of carbonyl (C=O) groups is 2. The average molecular weight is 394 g/mol. The molecule has 0 aliphatic carbocycles. The van der Waals surface area contributed by atoms with E-state index in [2.05, 4.69) is 10.6 Å². The lowest BCUT2D eigenvalue weighted by atomic mass is 10.1. The minimum Gasteiger partial charge on any atom is -0.355 e. The van der Waals surface area contributed by atoms with Gasteiger partial charge in [-0.2, -0.15) is 8.78 Å². The van der Waals surface area contributed by atoms with E-state index in [4.69, 9.17) is 0 Å². The molecule has 2 amide bonds. The highest BCUT2D eigenvalue weighted by Gasteiger charge is 2.12. The number of benzene rings is 2. The molecule has 0 heterocycles. The molecular formula is C19H22F2N3O2S+. The van der Waals surface area contributed by atoms with Crippen LogP contribution >= 0.6 is 11.8 Å². The predicted molar refractivity (Wildman–Crippen MR) is 102 cm³/mol. The van der Waals surface area contributed by atoms with Gasteiger partial charge in [0.1, 0.15) is 6.54 Å². The Bertz CT molecular complexity index is 768. The maximum Gasteiger partial charge on any atom is 0.288 e. The van der Waals surface area contributed by atoms with E-state index in [1.807, 2.05) is 19.2 Å². The van der Waals surface area contributed by atoms with Gasteiger partial charge in [-0.25, -0.2) is 0 Å². The third-order valence-corrected chi connectivity index (χ3v) is 4.50. The molecule has 0 aromatic heterocycles. The van der Waals surface area contributed by atoms with Gasteiger partial charge in [-0.1, -0.05) is 23.9 Å². The van der Waals surface area contributed by atoms with Crippen LogP contribution in [0.5, 0.6) is 0 Å². The maximum atomic E-state index is 12.3. The Morgan fingerprint density at radius 1 is 1.07 bits per heavy atom. The van der Waals surface area contributed by atoms with Crippen LogP contribution in [0.3, 0.4) is 0 Å². The smallest absolute Gasteiger partial charge is 0.288 e. The van der Waals surface area contributed by atoms with Gasteiger partial charge in [-0.15, -0.1) is 0 Å². The molecule has 2 rings (SSSR count). The van der Waals surface area contributed by atoms with Crippen LogP contribution in [0.2, 0.25) is 0 Å². The Balaban J connectivity index is 1.83. The number of likely N-dealkylation sites (N-methyl/N-ethyl adjacent to an activating group) is 1. The molecule has 1 atom stereocenters. The van der Waals surface area contributed by atoms with Gasteiger partial charge in [0.25, 0.3) is 17.6 Å². The monoisotopic (exact) mass is 394 g/mol. The number of hydrogen-bond acceptors (Lipinski definition) is 3. The summed E-state index contributed by atoms with van der Waals surface area (Å²) in [4.78, 5) is 25.1. The third kappa shape index (κ3) is 6.99. The maximum absolute atomic E-state index is 12.3. The molecule has 0 saturated carbocycles. The van der Waals surface area contributed by atoms with Gasteiger partial charge in [-0.05, 0) is 36.4 Å². The lowest BCUT2D eigenvalue weighted by Crippen LogP contribution is -3.08. The number of carbonyl (C=O) groups excluding carboxylic acids is 2. The summed E-state index contributed by atoms with van der Waals surface area (Å²) in [6.45, 7) is 0.885. The molecule has 1 unspecified atom stereocenters. The van der Waals surface area contributed by atoms with Gasteiger partial charge >= 0.3 is 0 Å². The molecule has 3 N–H and O–H groups in total. The molecule has 8 heteroatoms. The average Bonchev–Trinajstić information content (AvgIpc) is 2.62. The van der Waals surface area contributed by atoms with Gasteiger partial charge in [0, 0.05) is 28.8 Å². The first-order valence-electron chi connectivity index (χ1n) is 8.34. The van der Waals surface area contributed by atoms with Crippen molar-refractivity contribution in [2.75, 3.05) is 26.0 Å². The van der Waals surface area contributed by atoms with Crippen LogP contribution in [0.25, 0.3) is 0 Å². The summed E-state index contributed by atoms with van der Waals surface area (Å²) in [5.74, 6) is -2.77. The molecular weight excluding hydrogens is 372 g/mol. The largest absolute Gasteiger partial charge is 0.355 e. The molecule has 0 aliphatic heterocycles. The molecule has 0 bridgehead atoms. The van der Waals surface area contributed by atoms with Gasteiger partial charge in [0.2, 0.25) is 0 Å². The van der Waals surface area contributed by atoms with Crippen LogP contribution in [-0.2, 0) is 11.3 Å². The Morgan fingerprint density at radius 3 is 2.26 bits per heavy atom. The molecule has 2 aromatic carbocycles. The van der Waals surface area contributed by atoms with Crippen LogP contribution in [0.15, 0.2) is 53.4 Å². The van der Waals surface area contributed by atoms with Crippen molar-refractivity contribution < 1.29 is 23.3 Å². The van der Waals surface area contributed by atoms with Crippen molar-refractivity contribution in [3.8, 4) is 0 Å². The SMILES string of the molecule is CNC(=O)c1ccc(C[NH+](C)CC(=O)Nc2ccc(SC(F)F)cc2)cc1. The van der Waals surface area contributed by atoms with E-state index < -0.39 is 5.76 Å². The minimum absolute atomic E-state index is 0.139. The summed E-state index contributed by atoms with van der Waals surface area (Å²) in [5, 5.41) is 5.33. The van der Waals surface area contributed by atoms with E-state index in [0.29, 0.717) is 34.5 Å². The second-order valence-electron chi connectivity index (χ2n) is 6.04. The number of halogens is 2. The molecule has 27 heavy (non-hydrogen) atoms. The third-order valence-electron chi connectivity index (χ3n) is 3.77. The van der Waals surface area contributed by atoms with Crippen LogP contribution < -0.4 is 15.5 Å². The molecule has 144 valence electrons. The second kappa shape index (κ2) is 10.0. The summed E-state index contributed by atoms with van der Waals surface area (Å²) in [6, 6.07) is 13.6. The number of thioether (sulfide) groups is 1. The van der Waals surface area contributed by atoms with E-state index in [1.54, 1.807) is 43.4 Å². The topological polar surface area (TPSA) is 62.6 Å². The van der Waals surface area contributed by atoms with Crippen molar-refractivity contribution in [2.24, 2.45) is 0 Å². The molecule has 0 radical (unpaired) electrons. The van der Waals surface area contributed by atoms with E-state index in [0.717, 1.165) is 10.5 Å². The van der Waals surface area contributed by atoms with E-state index in [-0.39, 0.29) is 18.4 Å². The van der Waals surface area contributed by atoms with Crippen molar-refractivity contribution in [3.63, 3.8) is 0 Å². The lowest BCUT2D eigenvalue weighted by Gasteiger charge is -2.14. The van der Waals surface area contributed by atoms with Crippen LogP contribution in [0.4, 0.5) is 14.5 Å². The quantitative estimate of drug-likeness (QED) is 0.601. The summed E-state index contributed by atoms with van der Waals surface area (Å²) in [7, 11) is 3.48. The first-order valence-corrected chi connectivity index (χ1v) is 9.22. The Morgan fingerprint density at radius 2 is 1.70 bits per heavy atom. The summed E-state index contributed by atoms with van der Waals surface area (Å²) in [6.07, 6.45) is 0. The standard InChI is InChI=1S/C19H21F2N3O2S/c1-22-18(26)14-5-3-13(4-6-14)11-24(2)12-17(25)23-15-7-9-16(10-8-15)27-19(20)21/h3-10,19H,11-12H2,1-2H3,(H,22,26)(H,23,25)/p+1. The van der Waals surface area contributed by atoms with Crippen molar-refractivity contribution >= 4 is 29.3 Å². The van der Waals surface area contributed by atoms with E-state index in [9.17, 15) is 18.4 Å². The highest BCUT2D eigenvalue weighted by atomic mass is 32.2. The Hall–Kier alpha value is -2.45. The fourth-order valence-corrected chi connectivity index (χ4v) is 3.03. The van der Waals surface area contributed by atoms with Crippen molar-refractivity contribution in [1.82, 2.24) is 5.32 Å². The van der Waals surface area contributed by atoms with Crippen molar-refractivity contribution in [3.05, 3.63) is 59.7 Å². The fourth-order valence-electron chi connectivity index (χ4n) is 2.53. The Kier molecular flexibility index (Phi) is 7.75.